The van der Waals surface area contributed by atoms with E-state index in [1.54, 1.807) is 0 Å². The molecule has 2 N–H and O–H groups in total. The van der Waals surface area contributed by atoms with Crippen LogP contribution in [0, 0.1) is 10.4 Å². The summed E-state index contributed by atoms with van der Waals surface area (Å²) in [6.07, 6.45) is 3.51. The third-order valence-electron chi connectivity index (χ3n) is 2.83. The van der Waals surface area contributed by atoms with E-state index in [4.69, 9.17) is 18.0 Å². The first-order valence-corrected chi connectivity index (χ1v) is 6.16. The lowest BCUT2D eigenvalue weighted by molar-refractivity contribution is 0.538. The lowest BCUT2D eigenvalue weighted by Crippen LogP contribution is -2.30. The second kappa shape index (κ2) is 5.43. The molecule has 4 heteroatoms. The molecule has 0 aliphatic rings. The van der Waals surface area contributed by atoms with Crippen LogP contribution >= 0.6 is 12.2 Å². The largest absolute Gasteiger partial charge is 0.396 e. The molecule has 0 radical (unpaired) electrons. The second-order valence-corrected chi connectivity index (χ2v) is 5.14. The second-order valence-electron chi connectivity index (χ2n) is 4.73. The molecule has 0 aromatic heterocycles. The monoisotopic (exact) mass is 240 g/mol. The van der Waals surface area contributed by atoms with Gasteiger partial charge in [-0.1, -0.05) is 38.9 Å². The highest BCUT2D eigenvalue weighted by Gasteiger charge is 2.17. The van der Waals surface area contributed by atoms with E-state index in [0.29, 0.717) is 15.9 Å². The molecule has 0 atom stereocenters. The van der Waals surface area contributed by atoms with Gasteiger partial charge in [0.05, 0.1) is 5.69 Å². The van der Waals surface area contributed by atoms with E-state index in [-0.39, 0.29) is 5.43 Å². The smallest absolute Gasteiger partial charge is 0.224 e. The summed E-state index contributed by atoms with van der Waals surface area (Å²) in [5.74, 6) is 0.743. The van der Waals surface area contributed by atoms with Gasteiger partial charge in [-0.3, -0.25) is 4.79 Å². The minimum Gasteiger partial charge on any atom is -0.396 e. The molecule has 0 saturated carbocycles. The predicted molar refractivity (Wildman–Crippen MR) is 72.3 cm³/mol. The quantitative estimate of drug-likeness (QED) is 0.613. The number of hydrogen-bond donors (Lipinski definition) is 1. The number of unbranched alkanes of at least 4 members (excludes halogenated alkanes) is 1. The van der Waals surface area contributed by atoms with Gasteiger partial charge in [0, 0.05) is 13.6 Å². The molecule has 90 valence electrons. The molecule has 0 amide bonds. The number of rotatable bonds is 6. The van der Waals surface area contributed by atoms with Crippen LogP contribution in [0.25, 0.3) is 0 Å². The topological polar surface area (TPSA) is 46.3 Å². The minimum absolute atomic E-state index is 0.0705. The van der Waals surface area contributed by atoms with E-state index in [0.717, 1.165) is 18.9 Å². The first-order valence-electron chi connectivity index (χ1n) is 5.75. The third-order valence-corrected chi connectivity index (χ3v) is 3.23. The fraction of sp³-hybridized carbons (Fsp3) is 0.667. The van der Waals surface area contributed by atoms with Crippen LogP contribution in [0.4, 0.5) is 11.4 Å². The highest BCUT2D eigenvalue weighted by Crippen LogP contribution is 2.22. The van der Waals surface area contributed by atoms with Crippen LogP contribution in [-0.4, -0.2) is 13.6 Å². The normalized spacial score (nSPS) is 11.2. The molecule has 1 rings (SSSR count). The van der Waals surface area contributed by atoms with Crippen LogP contribution in [-0.2, 0) is 0 Å². The zero-order valence-electron chi connectivity index (χ0n) is 10.2. The fourth-order valence-electron chi connectivity index (χ4n) is 1.79. The Morgan fingerprint density at radius 3 is 2.50 bits per heavy atom. The van der Waals surface area contributed by atoms with Crippen LogP contribution in [0.1, 0.15) is 33.1 Å². The van der Waals surface area contributed by atoms with Crippen LogP contribution < -0.4 is 16.1 Å². The van der Waals surface area contributed by atoms with Gasteiger partial charge in [0.2, 0.25) is 5.43 Å². The molecule has 3 nitrogen and oxygen atoms in total. The molecule has 0 aliphatic heterocycles. The Bertz CT molecular complexity index is 419. The Morgan fingerprint density at radius 1 is 1.38 bits per heavy atom. The van der Waals surface area contributed by atoms with Crippen molar-refractivity contribution in [1.29, 1.82) is 0 Å². The first kappa shape index (κ1) is 13.2. The van der Waals surface area contributed by atoms with E-state index in [9.17, 15) is 4.79 Å². The van der Waals surface area contributed by atoms with Crippen molar-refractivity contribution >= 4 is 23.6 Å². The fourth-order valence-corrected chi connectivity index (χ4v) is 1.98. The van der Waals surface area contributed by atoms with E-state index < -0.39 is 0 Å². The van der Waals surface area contributed by atoms with Crippen molar-refractivity contribution in [2.24, 2.45) is 5.92 Å². The summed E-state index contributed by atoms with van der Waals surface area (Å²) in [7, 11) is 1.90. The third kappa shape index (κ3) is 2.82. The zero-order valence-corrected chi connectivity index (χ0v) is 11.1. The average Bonchev–Trinajstić information content (AvgIpc) is 2.24. The van der Waals surface area contributed by atoms with Gasteiger partial charge in [-0.25, -0.2) is 0 Å². The molecule has 0 fully saturated rings. The van der Waals surface area contributed by atoms with Crippen molar-refractivity contribution in [2.75, 3.05) is 24.2 Å². The van der Waals surface area contributed by atoms with E-state index >= 15 is 0 Å². The van der Waals surface area contributed by atoms with E-state index in [2.05, 4.69) is 13.8 Å². The summed E-state index contributed by atoms with van der Waals surface area (Å²) in [6, 6.07) is 0. The molecule has 0 bridgehead atoms. The van der Waals surface area contributed by atoms with E-state index in [1.807, 2.05) is 11.9 Å². The SMILES string of the molecule is CC(C)CCCCN(C)c1c(N)c(=S)c1=O. The number of nitrogen functional groups attached to an aromatic ring is 1. The molecule has 0 unspecified atom stereocenters. The van der Waals surface area contributed by atoms with E-state index in [1.165, 1.54) is 12.8 Å². The summed E-state index contributed by atoms with van der Waals surface area (Å²) in [4.78, 5) is 13.4. The summed E-state index contributed by atoms with van der Waals surface area (Å²) in [6.45, 7) is 5.31. The molecular weight excluding hydrogens is 220 g/mol. The Labute approximate surface area is 102 Å². The molecule has 0 saturated heterocycles. The maximum Gasteiger partial charge on any atom is 0.224 e. The average molecular weight is 240 g/mol. The van der Waals surface area contributed by atoms with Crippen LogP contribution in [0.2, 0.25) is 0 Å². The van der Waals surface area contributed by atoms with Gasteiger partial charge in [0.25, 0.3) is 0 Å². The van der Waals surface area contributed by atoms with Gasteiger partial charge in [-0.15, -0.1) is 0 Å². The highest BCUT2D eigenvalue weighted by atomic mass is 32.1. The highest BCUT2D eigenvalue weighted by molar-refractivity contribution is 7.71. The first-order chi connectivity index (χ1) is 7.45. The summed E-state index contributed by atoms with van der Waals surface area (Å²) < 4.78 is 0.295. The zero-order chi connectivity index (χ0) is 12.3. The van der Waals surface area contributed by atoms with Crippen LogP contribution in [0.15, 0.2) is 4.79 Å². The lowest BCUT2D eigenvalue weighted by Gasteiger charge is -2.22. The van der Waals surface area contributed by atoms with Crippen molar-refractivity contribution in [3.63, 3.8) is 0 Å². The van der Waals surface area contributed by atoms with Crippen molar-refractivity contribution in [3.05, 3.63) is 14.7 Å². The Balaban J connectivity index is 2.40. The molecule has 0 aliphatic carbocycles. The Kier molecular flexibility index (Phi) is 4.47. The molecular formula is C12H20N2OS. The van der Waals surface area contributed by atoms with Crippen molar-refractivity contribution in [2.45, 2.75) is 33.1 Å². The van der Waals surface area contributed by atoms with Crippen molar-refractivity contribution in [1.82, 2.24) is 0 Å². The molecule has 1 aromatic carbocycles. The summed E-state index contributed by atoms with van der Waals surface area (Å²) in [5, 5.41) is 0. The number of nitrogens with two attached hydrogens (primary N) is 1. The number of hydrogen-bond acceptors (Lipinski definition) is 4. The lowest BCUT2D eigenvalue weighted by atomic mass is 10.1. The molecule has 0 spiro atoms. The maximum absolute atomic E-state index is 11.4. The Morgan fingerprint density at radius 2 is 2.00 bits per heavy atom. The molecule has 1 aromatic rings. The molecule has 16 heavy (non-hydrogen) atoms. The van der Waals surface area contributed by atoms with Crippen molar-refractivity contribution in [3.8, 4) is 0 Å². The van der Waals surface area contributed by atoms with Crippen LogP contribution in [0.3, 0.4) is 0 Å². The van der Waals surface area contributed by atoms with Crippen molar-refractivity contribution < 1.29 is 0 Å². The standard InChI is InChI=1S/C12H20N2OS/c1-8(2)6-4-5-7-14(3)10-9(13)12(16)11(10)15/h8H,4-7,13H2,1-3H3. The van der Waals surface area contributed by atoms with Crippen LogP contribution in [0.5, 0.6) is 0 Å². The Hall–Kier alpha value is -0.900. The summed E-state index contributed by atoms with van der Waals surface area (Å²) >= 11 is 4.84. The van der Waals surface area contributed by atoms with Gasteiger partial charge >= 0.3 is 0 Å². The van der Waals surface area contributed by atoms with Gasteiger partial charge < -0.3 is 10.6 Å². The maximum atomic E-state index is 11.4. The number of anilines is 2. The minimum atomic E-state index is -0.0705. The predicted octanol–water partition coefficient (Wildman–Crippen LogP) is 2.50. The number of nitrogens with zero attached hydrogens (tertiary/aromatic N) is 1. The van der Waals surface area contributed by atoms with Gasteiger partial charge in [-0.05, 0) is 12.3 Å². The summed E-state index contributed by atoms with van der Waals surface area (Å²) in [5.41, 5.74) is 6.71. The van der Waals surface area contributed by atoms with Gasteiger partial charge in [0.1, 0.15) is 10.2 Å². The van der Waals surface area contributed by atoms with Gasteiger partial charge in [0.15, 0.2) is 0 Å². The molecule has 0 heterocycles. The van der Waals surface area contributed by atoms with Gasteiger partial charge in [-0.2, -0.15) is 0 Å².